The van der Waals surface area contributed by atoms with Crippen LogP contribution in [0.25, 0.3) is 0 Å². The Bertz CT molecular complexity index is 642. The zero-order chi connectivity index (χ0) is 13.8. The third-order valence-corrected chi connectivity index (χ3v) is 6.78. The molecule has 2 aliphatic heterocycles. The Morgan fingerprint density at radius 1 is 1.21 bits per heavy atom. The summed E-state index contributed by atoms with van der Waals surface area (Å²) in [5.74, 6) is 0.215. The van der Waals surface area contributed by atoms with Crippen LogP contribution in [-0.2, 0) is 9.84 Å². The average Bonchev–Trinajstić information content (AvgIpc) is 2.66. The van der Waals surface area contributed by atoms with Gasteiger partial charge in [-0.3, -0.25) is 5.41 Å². The highest BCUT2D eigenvalue weighted by atomic mass is 35.5. The second-order valence-electron chi connectivity index (χ2n) is 4.60. The fourth-order valence-corrected chi connectivity index (χ4v) is 6.80. The van der Waals surface area contributed by atoms with Gasteiger partial charge < -0.3 is 4.90 Å². The number of hydrogen-bond acceptors (Lipinski definition) is 4. The molecule has 2 fully saturated rings. The van der Waals surface area contributed by atoms with Crippen molar-refractivity contribution < 1.29 is 8.42 Å². The zero-order valence-corrected chi connectivity index (χ0v) is 12.8. The van der Waals surface area contributed by atoms with Crippen molar-refractivity contribution in [1.82, 2.24) is 0 Å². The number of benzene rings is 1. The van der Waals surface area contributed by atoms with Crippen LogP contribution in [0, 0.1) is 5.41 Å². The van der Waals surface area contributed by atoms with E-state index in [1.807, 2.05) is 0 Å². The summed E-state index contributed by atoms with van der Waals surface area (Å²) in [6, 6.07) is 4.82. The van der Waals surface area contributed by atoms with Gasteiger partial charge in [-0.05, 0) is 18.2 Å². The fraction of sp³-hybridized carbons (Fsp3) is 0.364. The van der Waals surface area contributed by atoms with Crippen LogP contribution in [0.15, 0.2) is 18.2 Å². The molecule has 1 aromatic rings. The first kappa shape index (κ1) is 13.5. The quantitative estimate of drug-likeness (QED) is 0.856. The summed E-state index contributed by atoms with van der Waals surface area (Å²) in [5.41, 5.74) is 0.680. The zero-order valence-electron chi connectivity index (χ0n) is 9.64. The van der Waals surface area contributed by atoms with Gasteiger partial charge in [0, 0.05) is 21.0 Å². The molecule has 0 radical (unpaired) electrons. The molecular formula is C11H10Cl2N2O2S2. The van der Waals surface area contributed by atoms with Crippen molar-refractivity contribution in [2.75, 3.05) is 16.4 Å². The Morgan fingerprint density at radius 2 is 1.84 bits per heavy atom. The molecule has 0 aromatic heterocycles. The lowest BCUT2D eigenvalue weighted by Gasteiger charge is -2.24. The summed E-state index contributed by atoms with van der Waals surface area (Å²) in [6.45, 7) is 0. The number of rotatable bonds is 1. The summed E-state index contributed by atoms with van der Waals surface area (Å²) in [5, 5.41) is 9.25. The van der Waals surface area contributed by atoms with Crippen LogP contribution in [0.4, 0.5) is 5.69 Å². The van der Waals surface area contributed by atoms with Crippen molar-refractivity contribution in [3.05, 3.63) is 28.2 Å². The molecule has 0 bridgehead atoms. The van der Waals surface area contributed by atoms with Gasteiger partial charge in [-0.15, -0.1) is 0 Å². The van der Waals surface area contributed by atoms with E-state index in [1.165, 1.54) is 11.8 Å². The minimum Gasteiger partial charge on any atom is -0.316 e. The molecule has 2 saturated heterocycles. The van der Waals surface area contributed by atoms with Crippen LogP contribution in [0.1, 0.15) is 0 Å². The number of halogens is 2. The standard InChI is InChI=1S/C11H10Cl2N2O2S2/c12-6-1-7(13)3-8(2-6)15-9-4-19(16,17)5-10(9)18-11(15)14/h1-3,9-10,14H,4-5H2/t9-,10-/m1/s1. The van der Waals surface area contributed by atoms with Crippen molar-refractivity contribution in [3.8, 4) is 0 Å². The Hall–Kier alpha value is -0.430. The topological polar surface area (TPSA) is 61.2 Å². The Labute approximate surface area is 125 Å². The largest absolute Gasteiger partial charge is 0.316 e. The van der Waals surface area contributed by atoms with E-state index >= 15 is 0 Å². The summed E-state index contributed by atoms with van der Waals surface area (Å²) < 4.78 is 23.4. The van der Waals surface area contributed by atoms with Crippen LogP contribution >= 0.6 is 35.0 Å². The number of sulfone groups is 1. The third-order valence-electron chi connectivity index (χ3n) is 3.21. The van der Waals surface area contributed by atoms with Gasteiger partial charge in [0.05, 0.1) is 17.5 Å². The summed E-state index contributed by atoms with van der Waals surface area (Å²) in [4.78, 5) is 1.72. The molecule has 2 atom stereocenters. The van der Waals surface area contributed by atoms with E-state index < -0.39 is 9.84 Å². The van der Waals surface area contributed by atoms with Crippen molar-refractivity contribution in [3.63, 3.8) is 0 Å². The molecule has 4 nitrogen and oxygen atoms in total. The van der Waals surface area contributed by atoms with Gasteiger partial charge in [-0.1, -0.05) is 35.0 Å². The van der Waals surface area contributed by atoms with Gasteiger partial charge in [-0.25, -0.2) is 8.42 Å². The van der Waals surface area contributed by atoms with Gasteiger partial charge >= 0.3 is 0 Å². The number of amidine groups is 1. The van der Waals surface area contributed by atoms with Crippen molar-refractivity contribution in [2.45, 2.75) is 11.3 Å². The highest BCUT2D eigenvalue weighted by molar-refractivity contribution is 8.15. The molecule has 2 heterocycles. The van der Waals surface area contributed by atoms with E-state index in [9.17, 15) is 8.42 Å². The Kier molecular flexibility index (Phi) is 3.24. The van der Waals surface area contributed by atoms with E-state index in [0.29, 0.717) is 20.9 Å². The first-order valence-corrected chi connectivity index (χ1v) is 9.02. The lowest BCUT2D eigenvalue weighted by Crippen LogP contribution is -2.37. The van der Waals surface area contributed by atoms with Gasteiger partial charge in [0.2, 0.25) is 0 Å². The maximum Gasteiger partial charge on any atom is 0.161 e. The normalized spacial score (nSPS) is 28.7. The molecule has 0 aliphatic carbocycles. The van der Waals surface area contributed by atoms with Gasteiger partial charge in [0.1, 0.15) is 0 Å². The molecule has 3 rings (SSSR count). The van der Waals surface area contributed by atoms with E-state index in [2.05, 4.69) is 0 Å². The predicted octanol–water partition coefficient (Wildman–Crippen LogP) is 2.65. The fourth-order valence-electron chi connectivity index (χ4n) is 2.49. The summed E-state index contributed by atoms with van der Waals surface area (Å²) in [6.07, 6.45) is 0. The average molecular weight is 337 g/mol. The van der Waals surface area contributed by atoms with Crippen LogP contribution in [-0.4, -0.2) is 36.4 Å². The Balaban J connectivity index is 2.02. The number of thioether (sulfide) groups is 1. The highest BCUT2D eigenvalue weighted by Crippen LogP contribution is 2.41. The Morgan fingerprint density at radius 3 is 2.47 bits per heavy atom. The molecule has 0 unspecified atom stereocenters. The lowest BCUT2D eigenvalue weighted by molar-refractivity contribution is 0.601. The number of anilines is 1. The molecule has 8 heteroatoms. The molecule has 19 heavy (non-hydrogen) atoms. The summed E-state index contributed by atoms with van der Waals surface area (Å²) >= 11 is 13.2. The van der Waals surface area contributed by atoms with Gasteiger partial charge in [-0.2, -0.15) is 0 Å². The van der Waals surface area contributed by atoms with Crippen LogP contribution in [0.3, 0.4) is 0 Å². The van der Waals surface area contributed by atoms with Crippen molar-refractivity contribution >= 4 is 55.7 Å². The van der Waals surface area contributed by atoms with Crippen LogP contribution in [0.2, 0.25) is 10.0 Å². The molecule has 0 saturated carbocycles. The van der Waals surface area contributed by atoms with Gasteiger partial charge in [0.15, 0.2) is 15.0 Å². The summed E-state index contributed by atoms with van der Waals surface area (Å²) in [7, 11) is -3.02. The van der Waals surface area contributed by atoms with Crippen LogP contribution in [0.5, 0.6) is 0 Å². The van der Waals surface area contributed by atoms with E-state index in [-0.39, 0.29) is 22.8 Å². The van der Waals surface area contributed by atoms with E-state index in [1.54, 1.807) is 23.1 Å². The third kappa shape index (κ3) is 2.46. The van der Waals surface area contributed by atoms with E-state index in [4.69, 9.17) is 28.6 Å². The smallest absolute Gasteiger partial charge is 0.161 e. The monoisotopic (exact) mass is 336 g/mol. The SMILES string of the molecule is N=C1S[C@@H]2CS(=O)(=O)C[C@H]2N1c1cc(Cl)cc(Cl)c1. The maximum atomic E-state index is 11.7. The maximum absolute atomic E-state index is 11.7. The number of fused-ring (bicyclic) bond motifs is 1. The molecule has 102 valence electrons. The molecule has 0 spiro atoms. The number of hydrogen-bond donors (Lipinski definition) is 1. The highest BCUT2D eigenvalue weighted by Gasteiger charge is 2.48. The van der Waals surface area contributed by atoms with Gasteiger partial charge in [0.25, 0.3) is 0 Å². The molecular weight excluding hydrogens is 327 g/mol. The second-order valence-corrected chi connectivity index (χ2v) is 8.86. The molecule has 0 amide bonds. The second kappa shape index (κ2) is 4.55. The van der Waals surface area contributed by atoms with Crippen LogP contribution < -0.4 is 4.90 Å². The molecule has 2 aliphatic rings. The minimum absolute atomic E-state index is 0.0738. The minimum atomic E-state index is -3.02. The molecule has 1 N–H and O–H groups in total. The van der Waals surface area contributed by atoms with Crippen molar-refractivity contribution in [2.24, 2.45) is 0 Å². The predicted molar refractivity (Wildman–Crippen MR) is 80.5 cm³/mol. The van der Waals surface area contributed by atoms with Crippen molar-refractivity contribution in [1.29, 1.82) is 5.41 Å². The first-order valence-electron chi connectivity index (χ1n) is 5.57. The first-order chi connectivity index (χ1) is 8.85. The molecule has 1 aromatic carbocycles. The number of nitrogens with one attached hydrogen (secondary N) is 1. The number of nitrogens with zero attached hydrogens (tertiary/aromatic N) is 1. The van der Waals surface area contributed by atoms with E-state index in [0.717, 1.165) is 0 Å². The lowest BCUT2D eigenvalue weighted by atomic mass is 10.2.